The first-order chi connectivity index (χ1) is 11.4. The quantitative estimate of drug-likeness (QED) is 0.864. The third kappa shape index (κ3) is 2.97. The molecule has 0 radical (unpaired) electrons. The molecule has 5 nitrogen and oxygen atoms in total. The Morgan fingerprint density at radius 2 is 1.54 bits per heavy atom. The molecule has 0 aliphatic carbocycles. The molecule has 1 heterocycles. The number of rotatable bonds is 3. The van der Waals surface area contributed by atoms with E-state index in [-0.39, 0.29) is 11.3 Å². The fraction of sp³-hybridized carbons (Fsp3) is 0.222. The van der Waals surface area contributed by atoms with E-state index in [4.69, 9.17) is 0 Å². The Bertz CT molecular complexity index is 873. The van der Waals surface area contributed by atoms with Gasteiger partial charge in [0.05, 0.1) is 10.8 Å². The van der Waals surface area contributed by atoms with E-state index < -0.39 is 32.8 Å². The maximum atomic E-state index is 12.8. The molecule has 6 heteroatoms. The Morgan fingerprint density at radius 3 is 2.17 bits per heavy atom. The molecule has 2 amide bonds. The minimum Gasteiger partial charge on any atom is -0.295 e. The molecule has 0 saturated carbocycles. The largest absolute Gasteiger partial charge is 0.295 e. The lowest BCUT2D eigenvalue weighted by atomic mass is 9.90. The number of carbonyl (C=O) groups is 2. The normalized spacial score (nSPS) is 21.4. The van der Waals surface area contributed by atoms with Crippen molar-refractivity contribution >= 4 is 21.7 Å². The third-order valence-electron chi connectivity index (χ3n) is 4.23. The smallest absolute Gasteiger partial charge is 0.245 e. The van der Waals surface area contributed by atoms with Crippen molar-refractivity contribution in [1.29, 1.82) is 0 Å². The van der Waals surface area contributed by atoms with Crippen LogP contribution < -0.4 is 5.32 Å². The summed E-state index contributed by atoms with van der Waals surface area (Å²) in [6, 6.07) is 15.3. The first-order valence-electron chi connectivity index (χ1n) is 7.60. The monoisotopic (exact) mass is 343 g/mol. The van der Waals surface area contributed by atoms with E-state index in [9.17, 15) is 18.0 Å². The van der Waals surface area contributed by atoms with Crippen LogP contribution in [0.4, 0.5) is 0 Å². The summed E-state index contributed by atoms with van der Waals surface area (Å²) in [6.07, 6.45) is -0.0507. The average Bonchev–Trinajstić information content (AvgIpc) is 2.56. The zero-order valence-corrected chi connectivity index (χ0v) is 13.9. The summed E-state index contributed by atoms with van der Waals surface area (Å²) in [5.74, 6) is -1.87. The predicted molar refractivity (Wildman–Crippen MR) is 89.1 cm³/mol. The molecule has 1 N–H and O–H groups in total. The highest BCUT2D eigenvalue weighted by atomic mass is 32.2. The number of sulfone groups is 1. The summed E-state index contributed by atoms with van der Waals surface area (Å²) in [5.41, 5.74) is 1.63. The summed E-state index contributed by atoms with van der Waals surface area (Å²) in [4.78, 5) is 24.4. The number of piperidine rings is 1. The fourth-order valence-electron chi connectivity index (χ4n) is 2.85. The van der Waals surface area contributed by atoms with Crippen molar-refractivity contribution in [2.75, 3.05) is 0 Å². The number of hydrogen-bond donors (Lipinski definition) is 1. The molecule has 124 valence electrons. The Morgan fingerprint density at radius 1 is 0.917 bits per heavy atom. The second kappa shape index (κ2) is 6.20. The van der Waals surface area contributed by atoms with Crippen LogP contribution >= 0.6 is 0 Å². The van der Waals surface area contributed by atoms with E-state index in [1.807, 2.05) is 13.0 Å². The van der Waals surface area contributed by atoms with E-state index in [1.54, 1.807) is 36.4 Å². The van der Waals surface area contributed by atoms with Crippen LogP contribution in [0, 0.1) is 6.92 Å². The van der Waals surface area contributed by atoms with Crippen molar-refractivity contribution in [3.8, 4) is 0 Å². The van der Waals surface area contributed by atoms with Gasteiger partial charge in [-0.1, -0.05) is 48.0 Å². The topological polar surface area (TPSA) is 80.3 Å². The highest BCUT2D eigenvalue weighted by molar-refractivity contribution is 7.92. The number of amides is 2. The Labute approximate surface area is 140 Å². The highest BCUT2D eigenvalue weighted by Gasteiger charge is 2.43. The first kappa shape index (κ1) is 16.4. The van der Waals surface area contributed by atoms with Gasteiger partial charge in [-0.2, -0.15) is 0 Å². The molecule has 2 aromatic rings. The lowest BCUT2D eigenvalue weighted by Gasteiger charge is -2.27. The molecule has 0 spiro atoms. The summed E-state index contributed by atoms with van der Waals surface area (Å²) in [7, 11) is -3.86. The van der Waals surface area contributed by atoms with Crippen molar-refractivity contribution in [3.05, 3.63) is 65.7 Å². The lowest BCUT2D eigenvalue weighted by Crippen LogP contribution is -2.50. The molecule has 1 fully saturated rings. The van der Waals surface area contributed by atoms with Crippen LogP contribution in [0.3, 0.4) is 0 Å². The third-order valence-corrected chi connectivity index (χ3v) is 6.32. The standard InChI is InChI=1S/C18H17NO4S/c1-12-7-9-14(10-8-12)24(22,23)16-11-15(17(20)19-18(16)21)13-5-3-2-4-6-13/h2-10,15-16H,11H2,1H3,(H,19,20,21). The maximum Gasteiger partial charge on any atom is 0.245 e. The van der Waals surface area contributed by atoms with Gasteiger partial charge < -0.3 is 0 Å². The van der Waals surface area contributed by atoms with Crippen LogP contribution in [0.25, 0.3) is 0 Å². The van der Waals surface area contributed by atoms with Crippen LogP contribution in [0.1, 0.15) is 23.5 Å². The van der Waals surface area contributed by atoms with Crippen LogP contribution in [0.15, 0.2) is 59.5 Å². The van der Waals surface area contributed by atoms with Gasteiger partial charge in [-0.25, -0.2) is 8.42 Å². The summed E-state index contributed by atoms with van der Waals surface area (Å²) in [6.45, 7) is 1.85. The number of aryl methyl sites for hydroxylation is 1. The summed E-state index contributed by atoms with van der Waals surface area (Å²) in [5, 5.41) is 0.933. The minimum atomic E-state index is -3.86. The second-order valence-corrected chi connectivity index (χ2v) is 8.03. The van der Waals surface area contributed by atoms with Crippen molar-refractivity contribution in [1.82, 2.24) is 5.32 Å². The van der Waals surface area contributed by atoms with Gasteiger partial charge in [-0.05, 0) is 31.0 Å². The van der Waals surface area contributed by atoms with Gasteiger partial charge >= 0.3 is 0 Å². The Kier molecular flexibility index (Phi) is 4.24. The van der Waals surface area contributed by atoms with Crippen LogP contribution in [0.5, 0.6) is 0 Å². The summed E-state index contributed by atoms with van der Waals surface area (Å²) >= 11 is 0. The number of benzene rings is 2. The molecule has 1 saturated heterocycles. The highest BCUT2D eigenvalue weighted by Crippen LogP contribution is 2.30. The van der Waals surface area contributed by atoms with Crippen molar-refractivity contribution < 1.29 is 18.0 Å². The zero-order chi connectivity index (χ0) is 17.3. The molecule has 1 aliphatic rings. The van der Waals surface area contributed by atoms with Crippen molar-refractivity contribution in [3.63, 3.8) is 0 Å². The fourth-order valence-corrected chi connectivity index (χ4v) is 4.48. The molecular formula is C18H17NO4S. The molecule has 24 heavy (non-hydrogen) atoms. The molecule has 0 aromatic heterocycles. The van der Waals surface area contributed by atoms with Gasteiger partial charge in [0, 0.05) is 0 Å². The van der Waals surface area contributed by atoms with Gasteiger partial charge in [0.1, 0.15) is 5.25 Å². The van der Waals surface area contributed by atoms with Crippen molar-refractivity contribution in [2.24, 2.45) is 0 Å². The van der Waals surface area contributed by atoms with Crippen molar-refractivity contribution in [2.45, 2.75) is 29.4 Å². The number of hydrogen-bond acceptors (Lipinski definition) is 4. The minimum absolute atomic E-state index is 0.0507. The van der Waals surface area contributed by atoms with Gasteiger partial charge in [0.25, 0.3) is 0 Å². The Balaban J connectivity index is 1.96. The maximum absolute atomic E-state index is 12.8. The van der Waals surface area contributed by atoms with Crippen LogP contribution in [0.2, 0.25) is 0 Å². The molecule has 3 rings (SSSR count). The van der Waals surface area contributed by atoms with E-state index in [0.717, 1.165) is 5.56 Å². The van der Waals surface area contributed by atoms with Gasteiger partial charge in [-0.15, -0.1) is 0 Å². The van der Waals surface area contributed by atoms with Gasteiger partial charge in [0.2, 0.25) is 11.8 Å². The number of nitrogens with one attached hydrogen (secondary N) is 1. The average molecular weight is 343 g/mol. The van der Waals surface area contributed by atoms with Gasteiger partial charge in [-0.3, -0.25) is 14.9 Å². The lowest BCUT2D eigenvalue weighted by molar-refractivity contribution is -0.133. The number of imide groups is 1. The molecule has 2 aromatic carbocycles. The summed E-state index contributed by atoms with van der Waals surface area (Å²) < 4.78 is 25.6. The van der Waals surface area contributed by atoms with E-state index in [2.05, 4.69) is 5.32 Å². The molecule has 2 unspecified atom stereocenters. The van der Waals surface area contributed by atoms with E-state index >= 15 is 0 Å². The molecule has 2 atom stereocenters. The van der Waals surface area contributed by atoms with E-state index in [1.165, 1.54) is 12.1 Å². The van der Waals surface area contributed by atoms with Crippen LogP contribution in [-0.2, 0) is 19.4 Å². The zero-order valence-electron chi connectivity index (χ0n) is 13.1. The Hall–Kier alpha value is -2.47. The first-order valence-corrected chi connectivity index (χ1v) is 9.14. The predicted octanol–water partition coefficient (Wildman–Crippen LogP) is 1.97. The SMILES string of the molecule is Cc1ccc(S(=O)(=O)C2CC(c3ccccc3)C(=O)NC2=O)cc1. The van der Waals surface area contributed by atoms with Gasteiger partial charge in [0.15, 0.2) is 9.84 Å². The second-order valence-electron chi connectivity index (χ2n) is 5.90. The molecule has 1 aliphatic heterocycles. The number of carbonyl (C=O) groups excluding carboxylic acids is 2. The molecule has 0 bridgehead atoms. The van der Waals surface area contributed by atoms with Crippen LogP contribution in [-0.4, -0.2) is 25.5 Å². The van der Waals surface area contributed by atoms with E-state index in [0.29, 0.717) is 5.56 Å². The molecular weight excluding hydrogens is 326 g/mol.